The number of carbonyl (C=O) groups is 1. The Balaban J connectivity index is 2.62. The molecule has 0 aliphatic rings. The van der Waals surface area contributed by atoms with Gasteiger partial charge in [0.05, 0.1) is 6.07 Å². The zero-order valence-electron chi connectivity index (χ0n) is 12.8. The van der Waals surface area contributed by atoms with Crippen molar-refractivity contribution in [3.05, 3.63) is 29.3 Å². The quantitative estimate of drug-likeness (QED) is 0.898. The van der Waals surface area contributed by atoms with E-state index in [4.69, 9.17) is 10.00 Å². The summed E-state index contributed by atoms with van der Waals surface area (Å²) in [5.41, 5.74) is 1.30. The topological polar surface area (TPSA) is 62.1 Å². The van der Waals surface area contributed by atoms with E-state index in [0.29, 0.717) is 5.75 Å². The van der Waals surface area contributed by atoms with Gasteiger partial charge >= 0.3 is 0 Å². The summed E-state index contributed by atoms with van der Waals surface area (Å²) in [7, 11) is 0. The van der Waals surface area contributed by atoms with E-state index in [-0.39, 0.29) is 18.4 Å². The minimum Gasteiger partial charge on any atom is -0.484 e. The van der Waals surface area contributed by atoms with Crippen LogP contribution in [0.3, 0.4) is 0 Å². The molecule has 4 nitrogen and oxygen atoms in total. The molecule has 1 aromatic carbocycles. The maximum Gasteiger partial charge on any atom is 0.259 e. The molecular formula is C16H22N2O2. The molecule has 1 aromatic rings. The summed E-state index contributed by atoms with van der Waals surface area (Å²) in [6.45, 7) is 9.37. The molecule has 0 aliphatic carbocycles. The lowest BCUT2D eigenvalue weighted by atomic mass is 9.90. The summed E-state index contributed by atoms with van der Waals surface area (Å²) in [5.74, 6) is 0.403. The fourth-order valence-corrected chi connectivity index (χ4v) is 1.79. The highest BCUT2D eigenvalue weighted by Gasteiger charge is 2.29. The number of carbonyl (C=O) groups excluding carboxylic acids is 1. The number of rotatable bonds is 5. The molecule has 1 amide bonds. The average molecular weight is 274 g/mol. The molecule has 0 radical (unpaired) electrons. The van der Waals surface area contributed by atoms with Crippen LogP contribution in [0.5, 0.6) is 5.75 Å². The Morgan fingerprint density at radius 2 is 1.90 bits per heavy atom. The van der Waals surface area contributed by atoms with Gasteiger partial charge in [-0.15, -0.1) is 0 Å². The number of benzene rings is 1. The molecule has 4 heteroatoms. The number of nitrogens with zero attached hydrogens (tertiary/aromatic N) is 1. The van der Waals surface area contributed by atoms with Gasteiger partial charge in [-0.1, -0.05) is 19.9 Å². The predicted molar refractivity (Wildman–Crippen MR) is 78.4 cm³/mol. The lowest BCUT2D eigenvalue weighted by Gasteiger charge is -2.27. The number of nitrogens with one attached hydrogen (secondary N) is 1. The van der Waals surface area contributed by atoms with Crippen LogP contribution in [0.4, 0.5) is 0 Å². The fourth-order valence-electron chi connectivity index (χ4n) is 1.79. The van der Waals surface area contributed by atoms with Gasteiger partial charge in [-0.3, -0.25) is 4.79 Å². The van der Waals surface area contributed by atoms with Gasteiger partial charge in [0.25, 0.3) is 5.91 Å². The van der Waals surface area contributed by atoms with Crippen LogP contribution in [0, 0.1) is 31.1 Å². The van der Waals surface area contributed by atoms with Crippen molar-refractivity contribution in [3.63, 3.8) is 0 Å². The van der Waals surface area contributed by atoms with Crippen LogP contribution in [0.1, 0.15) is 31.9 Å². The van der Waals surface area contributed by atoms with Gasteiger partial charge in [0, 0.05) is 0 Å². The predicted octanol–water partition coefficient (Wildman–Crippen LogP) is 2.74. The van der Waals surface area contributed by atoms with Gasteiger partial charge < -0.3 is 10.1 Å². The second kappa shape index (κ2) is 6.42. The normalized spacial score (nSPS) is 13.4. The Morgan fingerprint density at radius 1 is 1.35 bits per heavy atom. The van der Waals surface area contributed by atoms with E-state index in [9.17, 15) is 4.79 Å². The first-order valence-corrected chi connectivity index (χ1v) is 6.70. The fraction of sp³-hybridized carbons (Fsp3) is 0.500. The van der Waals surface area contributed by atoms with Crippen molar-refractivity contribution < 1.29 is 9.53 Å². The molecule has 0 aromatic heterocycles. The molecule has 0 bridgehead atoms. The second-order valence-electron chi connectivity index (χ2n) is 5.63. The van der Waals surface area contributed by atoms with E-state index >= 15 is 0 Å². The number of ether oxygens (including phenoxy) is 1. The molecule has 0 aliphatic heterocycles. The van der Waals surface area contributed by atoms with Gasteiger partial charge in [-0.05, 0) is 49.9 Å². The van der Waals surface area contributed by atoms with E-state index in [2.05, 4.69) is 11.4 Å². The van der Waals surface area contributed by atoms with Gasteiger partial charge in [0.2, 0.25) is 0 Å². The molecule has 1 rings (SSSR count). The summed E-state index contributed by atoms with van der Waals surface area (Å²) in [4.78, 5) is 11.9. The lowest BCUT2D eigenvalue weighted by Crippen LogP contribution is -2.50. The summed E-state index contributed by atoms with van der Waals surface area (Å²) in [5, 5.41) is 11.9. The maximum atomic E-state index is 11.9. The molecular weight excluding hydrogens is 252 g/mol. The van der Waals surface area contributed by atoms with Crippen molar-refractivity contribution in [2.45, 2.75) is 40.2 Å². The largest absolute Gasteiger partial charge is 0.484 e. The number of aryl methyl sites for hydroxylation is 2. The lowest BCUT2D eigenvalue weighted by molar-refractivity contribution is -0.124. The smallest absolute Gasteiger partial charge is 0.259 e. The highest BCUT2D eigenvalue weighted by atomic mass is 16.5. The molecule has 20 heavy (non-hydrogen) atoms. The summed E-state index contributed by atoms with van der Waals surface area (Å²) in [6.07, 6.45) is 0. The van der Waals surface area contributed by atoms with Gasteiger partial charge in [0.15, 0.2) is 6.61 Å². The summed E-state index contributed by atoms with van der Waals surface area (Å²) >= 11 is 0. The van der Waals surface area contributed by atoms with Crippen LogP contribution in [0.25, 0.3) is 0 Å². The van der Waals surface area contributed by atoms with Gasteiger partial charge in [-0.25, -0.2) is 0 Å². The highest BCUT2D eigenvalue weighted by molar-refractivity contribution is 5.78. The zero-order valence-corrected chi connectivity index (χ0v) is 12.8. The zero-order chi connectivity index (χ0) is 15.3. The Morgan fingerprint density at radius 3 is 2.35 bits per heavy atom. The van der Waals surface area contributed by atoms with Crippen LogP contribution in [-0.2, 0) is 4.79 Å². The molecule has 0 fully saturated rings. The third kappa shape index (κ3) is 4.27. The van der Waals surface area contributed by atoms with E-state index in [1.54, 1.807) is 6.92 Å². The standard InChI is InChI=1S/C16H22N2O2/c1-11(2)16(5,10-17)18-15(19)9-20-14-7-12(3)6-13(4)8-14/h6-8,11H,9H2,1-5H3,(H,18,19)/t16-/m0/s1. The van der Waals surface area contributed by atoms with Crippen molar-refractivity contribution in [3.8, 4) is 11.8 Å². The number of hydrogen-bond acceptors (Lipinski definition) is 3. The molecule has 1 N–H and O–H groups in total. The number of hydrogen-bond donors (Lipinski definition) is 1. The van der Waals surface area contributed by atoms with Crippen LogP contribution in [0.15, 0.2) is 18.2 Å². The van der Waals surface area contributed by atoms with E-state index in [1.165, 1.54) is 0 Å². The third-order valence-corrected chi connectivity index (χ3v) is 3.35. The first kappa shape index (κ1) is 16.0. The highest BCUT2D eigenvalue weighted by Crippen LogP contribution is 2.17. The minimum absolute atomic E-state index is 0.0256. The molecule has 0 saturated carbocycles. The van der Waals surface area contributed by atoms with Crippen molar-refractivity contribution in [2.75, 3.05) is 6.61 Å². The first-order valence-electron chi connectivity index (χ1n) is 6.70. The monoisotopic (exact) mass is 274 g/mol. The molecule has 1 atom stereocenters. The van der Waals surface area contributed by atoms with Gasteiger partial charge in [-0.2, -0.15) is 5.26 Å². The minimum atomic E-state index is -0.872. The van der Waals surface area contributed by atoms with Crippen LogP contribution in [-0.4, -0.2) is 18.1 Å². The van der Waals surface area contributed by atoms with Crippen molar-refractivity contribution in [2.24, 2.45) is 5.92 Å². The first-order chi connectivity index (χ1) is 9.26. The third-order valence-electron chi connectivity index (χ3n) is 3.35. The maximum absolute atomic E-state index is 11.9. The Bertz CT molecular complexity index is 512. The van der Waals surface area contributed by atoms with E-state index in [0.717, 1.165) is 11.1 Å². The SMILES string of the molecule is Cc1cc(C)cc(OCC(=O)N[C@@](C)(C#N)C(C)C)c1. The molecule has 0 saturated heterocycles. The van der Waals surface area contributed by atoms with E-state index in [1.807, 2.05) is 45.9 Å². The van der Waals surface area contributed by atoms with Gasteiger partial charge in [0.1, 0.15) is 11.3 Å². The van der Waals surface area contributed by atoms with Crippen molar-refractivity contribution in [1.29, 1.82) is 5.26 Å². The Hall–Kier alpha value is -2.02. The molecule has 108 valence electrons. The second-order valence-corrected chi connectivity index (χ2v) is 5.63. The number of nitriles is 1. The Kier molecular flexibility index (Phi) is 5.15. The van der Waals surface area contributed by atoms with Crippen LogP contribution in [0.2, 0.25) is 0 Å². The van der Waals surface area contributed by atoms with Crippen molar-refractivity contribution >= 4 is 5.91 Å². The average Bonchev–Trinajstić information content (AvgIpc) is 2.35. The van der Waals surface area contributed by atoms with Crippen molar-refractivity contribution in [1.82, 2.24) is 5.32 Å². The molecule has 0 spiro atoms. The van der Waals surface area contributed by atoms with Crippen LogP contribution >= 0.6 is 0 Å². The molecule has 0 heterocycles. The van der Waals surface area contributed by atoms with Crippen LogP contribution < -0.4 is 10.1 Å². The summed E-state index contributed by atoms with van der Waals surface area (Å²) < 4.78 is 5.48. The Labute approximate surface area is 120 Å². The summed E-state index contributed by atoms with van der Waals surface area (Å²) in [6, 6.07) is 7.94. The molecule has 0 unspecified atom stereocenters. The van der Waals surface area contributed by atoms with E-state index < -0.39 is 5.54 Å². The number of amides is 1.